The lowest BCUT2D eigenvalue weighted by molar-refractivity contribution is -0.0518. The van der Waals surface area contributed by atoms with E-state index in [0.717, 1.165) is 25.7 Å². The van der Waals surface area contributed by atoms with Crippen LogP contribution >= 0.6 is 0 Å². The maximum absolute atomic E-state index is 6.52. The molecule has 1 aromatic rings. The minimum absolute atomic E-state index is 0.0554. The minimum Gasteiger partial charge on any atom is -0.409 e. The van der Waals surface area contributed by atoms with Gasteiger partial charge in [0.05, 0.1) is 18.8 Å². The number of terminal acetylenes is 1. The van der Waals surface area contributed by atoms with Crippen molar-refractivity contribution in [3.63, 3.8) is 0 Å². The van der Waals surface area contributed by atoms with Crippen molar-refractivity contribution in [2.24, 2.45) is 5.92 Å². The lowest BCUT2D eigenvalue weighted by atomic mass is 9.86. The molecule has 2 nitrogen and oxygen atoms in total. The molecule has 0 amide bonds. The summed E-state index contributed by atoms with van der Waals surface area (Å²) < 4.78 is 12.6. The number of hydrogen-bond acceptors (Lipinski definition) is 2. The summed E-state index contributed by atoms with van der Waals surface area (Å²) in [4.78, 5) is 0. The Morgan fingerprint density at radius 3 is 2.48 bits per heavy atom. The fraction of sp³-hybridized carbons (Fsp3) is 0.545. The van der Waals surface area contributed by atoms with Crippen molar-refractivity contribution < 1.29 is 9.16 Å². The summed E-state index contributed by atoms with van der Waals surface area (Å²) in [5, 5.41) is 0. The van der Waals surface area contributed by atoms with Crippen molar-refractivity contribution in [1.82, 2.24) is 0 Å². The molecular weight excluding hydrogens is 324 g/mol. The van der Waals surface area contributed by atoms with Crippen LogP contribution in [0.5, 0.6) is 0 Å². The molecule has 0 unspecified atom stereocenters. The molecule has 0 aliphatic rings. The predicted octanol–water partition coefficient (Wildman–Crippen LogP) is 5.81. The van der Waals surface area contributed by atoms with Crippen LogP contribution in [0.4, 0.5) is 0 Å². The van der Waals surface area contributed by atoms with E-state index in [1.807, 2.05) is 24.3 Å². The molecule has 0 saturated carbocycles. The largest absolute Gasteiger partial charge is 0.409 e. The lowest BCUT2D eigenvalue weighted by Crippen LogP contribution is -2.48. The van der Waals surface area contributed by atoms with Gasteiger partial charge in [0.15, 0.2) is 8.32 Å². The first-order valence-electron chi connectivity index (χ1n) is 9.19. The zero-order valence-electron chi connectivity index (χ0n) is 16.4. The monoisotopic (exact) mass is 358 g/mol. The summed E-state index contributed by atoms with van der Waals surface area (Å²) >= 11 is 0. The second-order valence-electron chi connectivity index (χ2n) is 7.80. The molecule has 25 heavy (non-hydrogen) atoms. The van der Waals surface area contributed by atoms with Crippen LogP contribution in [-0.2, 0) is 15.8 Å². The van der Waals surface area contributed by atoms with Crippen molar-refractivity contribution >= 4 is 8.32 Å². The highest BCUT2D eigenvalue weighted by molar-refractivity contribution is 6.69. The fourth-order valence-corrected chi connectivity index (χ4v) is 4.65. The van der Waals surface area contributed by atoms with Crippen LogP contribution in [0.2, 0.25) is 19.6 Å². The normalized spacial score (nSPS) is 15.2. The van der Waals surface area contributed by atoms with Gasteiger partial charge in [-0.3, -0.25) is 0 Å². The molecule has 0 saturated heterocycles. The van der Waals surface area contributed by atoms with Crippen LogP contribution in [0, 0.1) is 18.3 Å². The molecule has 0 aliphatic heterocycles. The molecule has 1 rings (SSSR count). The molecule has 0 spiro atoms. The average molecular weight is 359 g/mol. The second kappa shape index (κ2) is 10.6. The molecule has 0 aliphatic carbocycles. The highest BCUT2D eigenvalue weighted by Crippen LogP contribution is 2.30. The standard InChI is InChI=1S/C22H34O2Si/c1-7-9-10-14-17-21(8-2)22(3,24-25(4,5)6)19-23-18-20-15-12-11-13-16-20/h2,7,11-13,15-16,21H,1,9-10,14,17-19H2,3-6H3/t21-,22-/m0/s1. The first kappa shape index (κ1) is 21.7. The Morgan fingerprint density at radius 2 is 1.92 bits per heavy atom. The summed E-state index contributed by atoms with van der Waals surface area (Å²) in [6, 6.07) is 10.2. The van der Waals surface area contributed by atoms with Gasteiger partial charge in [0, 0.05) is 5.92 Å². The Balaban J connectivity index is 2.73. The summed E-state index contributed by atoms with van der Waals surface area (Å²) in [6.07, 6.45) is 12.1. The summed E-state index contributed by atoms with van der Waals surface area (Å²) in [7, 11) is -1.75. The number of rotatable bonds is 12. The van der Waals surface area contributed by atoms with Gasteiger partial charge in [-0.2, -0.15) is 0 Å². The van der Waals surface area contributed by atoms with Gasteiger partial charge in [-0.25, -0.2) is 0 Å². The molecular formula is C22H34O2Si. The van der Waals surface area contributed by atoms with Gasteiger partial charge in [0.2, 0.25) is 0 Å². The third-order valence-corrected chi connectivity index (χ3v) is 5.21. The van der Waals surface area contributed by atoms with Crippen LogP contribution in [0.3, 0.4) is 0 Å². The van der Waals surface area contributed by atoms with E-state index < -0.39 is 13.9 Å². The van der Waals surface area contributed by atoms with Crippen LogP contribution in [0.25, 0.3) is 0 Å². The van der Waals surface area contributed by atoms with E-state index in [1.165, 1.54) is 5.56 Å². The third-order valence-electron chi connectivity index (χ3n) is 4.13. The van der Waals surface area contributed by atoms with Crippen LogP contribution < -0.4 is 0 Å². The van der Waals surface area contributed by atoms with Gasteiger partial charge in [0.1, 0.15) is 0 Å². The Hall–Kier alpha value is -1.34. The first-order valence-corrected chi connectivity index (χ1v) is 12.6. The quantitative estimate of drug-likeness (QED) is 0.203. The van der Waals surface area contributed by atoms with Crippen LogP contribution in [0.1, 0.15) is 38.2 Å². The molecule has 3 heteroatoms. The maximum atomic E-state index is 6.52. The third kappa shape index (κ3) is 8.53. The van der Waals surface area contributed by atoms with Gasteiger partial charge in [-0.05, 0) is 51.4 Å². The van der Waals surface area contributed by atoms with Gasteiger partial charge < -0.3 is 9.16 Å². The lowest BCUT2D eigenvalue weighted by Gasteiger charge is -2.40. The van der Waals surface area contributed by atoms with E-state index in [4.69, 9.17) is 15.6 Å². The zero-order chi connectivity index (χ0) is 18.8. The van der Waals surface area contributed by atoms with E-state index in [-0.39, 0.29) is 5.92 Å². The smallest absolute Gasteiger partial charge is 0.184 e. The molecule has 2 atom stereocenters. The first-order chi connectivity index (χ1) is 11.8. The Bertz CT molecular complexity index is 541. The molecule has 0 radical (unpaired) electrons. The van der Waals surface area contributed by atoms with Gasteiger partial charge in [-0.1, -0.05) is 42.8 Å². The molecule has 138 valence electrons. The van der Waals surface area contributed by atoms with E-state index in [1.54, 1.807) is 0 Å². The maximum Gasteiger partial charge on any atom is 0.184 e. The molecule has 0 fully saturated rings. The Morgan fingerprint density at radius 1 is 1.24 bits per heavy atom. The minimum atomic E-state index is -1.75. The Labute approximate surface area is 155 Å². The topological polar surface area (TPSA) is 18.5 Å². The Kier molecular flexibility index (Phi) is 9.20. The zero-order valence-corrected chi connectivity index (χ0v) is 17.4. The van der Waals surface area contributed by atoms with Gasteiger partial charge >= 0.3 is 0 Å². The summed E-state index contributed by atoms with van der Waals surface area (Å²) in [5.41, 5.74) is 0.725. The second-order valence-corrected chi connectivity index (χ2v) is 12.2. The van der Waals surface area contributed by atoms with E-state index in [0.29, 0.717) is 13.2 Å². The summed E-state index contributed by atoms with van der Waals surface area (Å²) in [6.45, 7) is 13.6. The molecule has 0 heterocycles. The highest BCUT2D eigenvalue weighted by atomic mass is 28.4. The van der Waals surface area contributed by atoms with E-state index in [9.17, 15) is 0 Å². The van der Waals surface area contributed by atoms with E-state index >= 15 is 0 Å². The average Bonchev–Trinajstić information content (AvgIpc) is 2.54. The fourth-order valence-electron chi connectivity index (χ4n) is 3.05. The van der Waals surface area contributed by atoms with Crippen molar-refractivity contribution in [2.75, 3.05) is 6.61 Å². The molecule has 0 aromatic heterocycles. The molecule has 0 N–H and O–H groups in total. The van der Waals surface area contributed by atoms with E-state index in [2.05, 4.69) is 51.2 Å². The summed E-state index contributed by atoms with van der Waals surface area (Å²) in [5.74, 6) is 3.04. The number of hydrogen-bond donors (Lipinski definition) is 0. The molecule has 1 aromatic carbocycles. The molecule has 0 bridgehead atoms. The number of ether oxygens (including phenoxy) is 1. The number of unbranched alkanes of at least 4 members (excludes halogenated alkanes) is 2. The van der Waals surface area contributed by atoms with Crippen molar-refractivity contribution in [3.05, 3.63) is 48.6 Å². The number of benzene rings is 1. The highest BCUT2D eigenvalue weighted by Gasteiger charge is 2.38. The number of allylic oxidation sites excluding steroid dienone is 1. The van der Waals surface area contributed by atoms with Crippen molar-refractivity contribution in [3.8, 4) is 12.3 Å². The van der Waals surface area contributed by atoms with Crippen molar-refractivity contribution in [1.29, 1.82) is 0 Å². The van der Waals surface area contributed by atoms with Crippen LogP contribution in [-0.4, -0.2) is 20.5 Å². The van der Waals surface area contributed by atoms with Gasteiger partial charge in [0.25, 0.3) is 0 Å². The SMILES string of the molecule is C#C[C@@H](CCCCC=C)[C@](C)(COCc1ccccc1)O[Si](C)(C)C. The van der Waals surface area contributed by atoms with Crippen LogP contribution in [0.15, 0.2) is 43.0 Å². The van der Waals surface area contributed by atoms with Gasteiger partial charge in [-0.15, -0.1) is 18.9 Å². The predicted molar refractivity (Wildman–Crippen MR) is 110 cm³/mol. The van der Waals surface area contributed by atoms with Crippen molar-refractivity contribution in [2.45, 2.75) is 64.5 Å².